The van der Waals surface area contributed by atoms with E-state index in [1.165, 1.54) is 6.07 Å². The minimum atomic E-state index is -0.302. The third-order valence-corrected chi connectivity index (χ3v) is 3.04. The lowest BCUT2D eigenvalue weighted by Crippen LogP contribution is -2.28. The highest BCUT2D eigenvalue weighted by Gasteiger charge is 2.10. The van der Waals surface area contributed by atoms with Gasteiger partial charge in [-0.1, -0.05) is 23.8 Å². The molecule has 4 heteroatoms. The van der Waals surface area contributed by atoms with Gasteiger partial charge in [0.15, 0.2) is 0 Å². The molecule has 0 aliphatic rings. The first-order chi connectivity index (χ1) is 10.1. The fourth-order valence-corrected chi connectivity index (χ4v) is 1.97. The van der Waals surface area contributed by atoms with Crippen molar-refractivity contribution in [2.24, 2.45) is 0 Å². The molecule has 2 rings (SSSR count). The van der Waals surface area contributed by atoms with Crippen molar-refractivity contribution in [1.29, 1.82) is 0 Å². The Kier molecular flexibility index (Phi) is 4.82. The average molecular weight is 285 g/mol. The molecule has 0 saturated heterocycles. The summed E-state index contributed by atoms with van der Waals surface area (Å²) in [5.74, 6) is 0.462. The summed E-state index contributed by atoms with van der Waals surface area (Å²) >= 11 is 0. The Bertz CT molecular complexity index is 638. The molecule has 2 N–H and O–H groups in total. The molecule has 0 aliphatic heterocycles. The molecule has 0 spiro atoms. The molecule has 110 valence electrons. The van der Waals surface area contributed by atoms with Gasteiger partial charge in [-0.3, -0.25) is 4.79 Å². The zero-order chi connectivity index (χ0) is 15.2. The van der Waals surface area contributed by atoms with E-state index in [0.29, 0.717) is 13.2 Å². The molecule has 0 aromatic heterocycles. The Morgan fingerprint density at radius 1 is 1.14 bits per heavy atom. The van der Waals surface area contributed by atoms with Gasteiger partial charge < -0.3 is 15.2 Å². The van der Waals surface area contributed by atoms with Crippen LogP contribution >= 0.6 is 0 Å². The van der Waals surface area contributed by atoms with E-state index in [1.807, 2.05) is 38.1 Å². The van der Waals surface area contributed by atoms with Crippen LogP contribution in [-0.2, 0) is 0 Å². The molecule has 0 fully saturated rings. The molecular weight excluding hydrogens is 266 g/mol. The molecule has 1 amide bonds. The smallest absolute Gasteiger partial charge is 0.255 e. The highest BCUT2D eigenvalue weighted by molar-refractivity contribution is 5.96. The summed E-state index contributed by atoms with van der Waals surface area (Å²) in [5.41, 5.74) is 2.33. The van der Waals surface area contributed by atoms with Crippen molar-refractivity contribution in [2.75, 3.05) is 13.2 Å². The van der Waals surface area contributed by atoms with E-state index in [9.17, 15) is 9.90 Å². The Morgan fingerprint density at radius 3 is 2.67 bits per heavy atom. The van der Waals surface area contributed by atoms with Crippen molar-refractivity contribution < 1.29 is 14.6 Å². The van der Waals surface area contributed by atoms with Gasteiger partial charge in [0.1, 0.15) is 18.1 Å². The Morgan fingerprint density at radius 2 is 1.90 bits per heavy atom. The predicted octanol–water partition coefficient (Wildman–Crippen LogP) is 2.82. The van der Waals surface area contributed by atoms with Crippen molar-refractivity contribution >= 4 is 5.91 Å². The number of phenols is 1. The van der Waals surface area contributed by atoms with Crippen LogP contribution in [0.2, 0.25) is 0 Å². The predicted molar refractivity (Wildman–Crippen MR) is 81.9 cm³/mol. The SMILES string of the molecule is Cc1cccc(OCCNC(=O)c2cc(C)ccc2O)c1. The molecular formula is C17H19NO3. The number of hydrogen-bond donors (Lipinski definition) is 2. The van der Waals surface area contributed by atoms with Crippen LogP contribution in [0.15, 0.2) is 42.5 Å². The third-order valence-electron chi connectivity index (χ3n) is 3.04. The lowest BCUT2D eigenvalue weighted by atomic mass is 10.1. The largest absolute Gasteiger partial charge is 0.507 e. The summed E-state index contributed by atoms with van der Waals surface area (Å²) in [6.45, 7) is 4.62. The summed E-state index contributed by atoms with van der Waals surface area (Å²) < 4.78 is 5.55. The van der Waals surface area contributed by atoms with E-state index in [4.69, 9.17) is 4.74 Å². The first kappa shape index (κ1) is 14.9. The second-order valence-electron chi connectivity index (χ2n) is 4.94. The fraction of sp³-hybridized carbons (Fsp3) is 0.235. The summed E-state index contributed by atoms with van der Waals surface area (Å²) in [4.78, 5) is 12.0. The van der Waals surface area contributed by atoms with Gasteiger partial charge in [-0.25, -0.2) is 0 Å². The van der Waals surface area contributed by atoms with Gasteiger partial charge in [-0.15, -0.1) is 0 Å². The Balaban J connectivity index is 1.83. The van der Waals surface area contributed by atoms with Crippen molar-refractivity contribution in [3.63, 3.8) is 0 Å². The van der Waals surface area contributed by atoms with E-state index < -0.39 is 0 Å². The van der Waals surface area contributed by atoms with Gasteiger partial charge in [0, 0.05) is 0 Å². The normalized spacial score (nSPS) is 10.2. The lowest BCUT2D eigenvalue weighted by molar-refractivity contribution is 0.0944. The van der Waals surface area contributed by atoms with Crippen molar-refractivity contribution in [3.8, 4) is 11.5 Å². The summed E-state index contributed by atoms with van der Waals surface area (Å²) in [5, 5.41) is 12.4. The molecule has 2 aromatic carbocycles. The summed E-state index contributed by atoms with van der Waals surface area (Å²) in [6.07, 6.45) is 0. The second kappa shape index (κ2) is 6.79. The molecule has 0 aliphatic carbocycles. The van der Waals surface area contributed by atoms with Crippen molar-refractivity contribution in [2.45, 2.75) is 13.8 Å². The van der Waals surface area contributed by atoms with Gasteiger partial charge in [0.25, 0.3) is 5.91 Å². The summed E-state index contributed by atoms with van der Waals surface area (Å²) in [7, 11) is 0. The number of aromatic hydroxyl groups is 1. The van der Waals surface area contributed by atoms with Crippen LogP contribution in [0.1, 0.15) is 21.5 Å². The number of carbonyl (C=O) groups excluding carboxylic acids is 1. The van der Waals surface area contributed by atoms with Gasteiger partial charge >= 0.3 is 0 Å². The van der Waals surface area contributed by atoms with Gasteiger partial charge in [-0.05, 0) is 43.7 Å². The van der Waals surface area contributed by atoms with Gasteiger partial charge in [0.2, 0.25) is 0 Å². The minimum Gasteiger partial charge on any atom is -0.507 e. The number of aryl methyl sites for hydroxylation is 2. The number of phenolic OH excluding ortho intramolecular Hbond substituents is 1. The monoisotopic (exact) mass is 285 g/mol. The van der Waals surface area contributed by atoms with Crippen LogP contribution < -0.4 is 10.1 Å². The van der Waals surface area contributed by atoms with Crippen LogP contribution in [0.4, 0.5) is 0 Å². The van der Waals surface area contributed by atoms with Crippen LogP contribution in [-0.4, -0.2) is 24.2 Å². The van der Waals surface area contributed by atoms with Crippen LogP contribution in [0.5, 0.6) is 11.5 Å². The minimum absolute atomic E-state index is 0.0160. The quantitative estimate of drug-likeness (QED) is 0.831. The lowest BCUT2D eigenvalue weighted by Gasteiger charge is -2.09. The number of amides is 1. The first-order valence-corrected chi connectivity index (χ1v) is 6.83. The number of ether oxygens (including phenoxy) is 1. The number of carbonyl (C=O) groups is 1. The van der Waals surface area contributed by atoms with Crippen LogP contribution in [0.3, 0.4) is 0 Å². The molecule has 2 aromatic rings. The Hall–Kier alpha value is -2.49. The van der Waals surface area contributed by atoms with Crippen LogP contribution in [0, 0.1) is 13.8 Å². The topological polar surface area (TPSA) is 58.6 Å². The van der Waals surface area contributed by atoms with Gasteiger partial charge in [0.05, 0.1) is 12.1 Å². The average Bonchev–Trinajstić information content (AvgIpc) is 2.46. The van der Waals surface area contributed by atoms with Crippen LogP contribution in [0.25, 0.3) is 0 Å². The van der Waals surface area contributed by atoms with E-state index in [1.54, 1.807) is 12.1 Å². The fourth-order valence-electron chi connectivity index (χ4n) is 1.97. The van der Waals surface area contributed by atoms with Crippen molar-refractivity contribution in [3.05, 3.63) is 59.2 Å². The maximum atomic E-state index is 12.0. The first-order valence-electron chi connectivity index (χ1n) is 6.83. The molecule has 0 bridgehead atoms. The highest BCUT2D eigenvalue weighted by atomic mass is 16.5. The number of nitrogens with one attached hydrogen (secondary N) is 1. The van der Waals surface area contributed by atoms with E-state index in [2.05, 4.69) is 5.32 Å². The zero-order valence-electron chi connectivity index (χ0n) is 12.2. The van der Waals surface area contributed by atoms with Crippen molar-refractivity contribution in [1.82, 2.24) is 5.32 Å². The molecule has 0 atom stereocenters. The zero-order valence-corrected chi connectivity index (χ0v) is 12.2. The maximum absolute atomic E-state index is 12.0. The number of hydrogen-bond acceptors (Lipinski definition) is 3. The molecule has 0 heterocycles. The van der Waals surface area contributed by atoms with E-state index >= 15 is 0 Å². The number of benzene rings is 2. The standard InChI is InChI=1S/C17H19NO3/c1-12-4-3-5-14(10-12)21-9-8-18-17(20)15-11-13(2)6-7-16(15)19/h3-7,10-11,19H,8-9H2,1-2H3,(H,18,20). The van der Waals surface area contributed by atoms with E-state index in [-0.39, 0.29) is 17.2 Å². The number of rotatable bonds is 5. The second-order valence-corrected chi connectivity index (χ2v) is 4.94. The third kappa shape index (κ3) is 4.24. The molecule has 0 saturated carbocycles. The van der Waals surface area contributed by atoms with Gasteiger partial charge in [-0.2, -0.15) is 0 Å². The van der Waals surface area contributed by atoms with E-state index in [0.717, 1.165) is 16.9 Å². The molecule has 0 unspecified atom stereocenters. The summed E-state index contributed by atoms with van der Waals surface area (Å²) in [6, 6.07) is 12.7. The molecule has 4 nitrogen and oxygen atoms in total. The molecule has 0 radical (unpaired) electrons. The molecule has 21 heavy (non-hydrogen) atoms. The Labute approximate surface area is 124 Å². The maximum Gasteiger partial charge on any atom is 0.255 e. The highest BCUT2D eigenvalue weighted by Crippen LogP contribution is 2.17.